The summed E-state index contributed by atoms with van der Waals surface area (Å²) in [5.74, 6) is 1.02. The van der Waals surface area contributed by atoms with Gasteiger partial charge < -0.3 is 21.0 Å². The van der Waals surface area contributed by atoms with Gasteiger partial charge in [-0.2, -0.15) is 0 Å². The van der Waals surface area contributed by atoms with E-state index in [4.69, 9.17) is 5.73 Å². The Hall–Kier alpha value is -3.28. The van der Waals surface area contributed by atoms with Crippen LogP contribution in [0, 0.1) is 19.8 Å². The van der Waals surface area contributed by atoms with Crippen molar-refractivity contribution in [3.8, 4) is 11.4 Å². The van der Waals surface area contributed by atoms with Gasteiger partial charge in [0.05, 0.1) is 22.2 Å². The maximum Gasteiger partial charge on any atom is 0.261 e. The molecule has 0 saturated heterocycles. The van der Waals surface area contributed by atoms with Gasteiger partial charge in [-0.05, 0) is 61.2 Å². The Morgan fingerprint density at radius 1 is 1.07 bits per heavy atom. The first kappa shape index (κ1) is 18.1. The van der Waals surface area contributed by atoms with E-state index in [0.717, 1.165) is 34.2 Å². The molecule has 2 heterocycles. The second-order valence-electron chi connectivity index (χ2n) is 7.82. The molecule has 2 aromatic heterocycles. The van der Waals surface area contributed by atoms with Crippen molar-refractivity contribution in [3.63, 3.8) is 0 Å². The zero-order chi connectivity index (χ0) is 20.0. The lowest BCUT2D eigenvalue weighted by Crippen LogP contribution is -2.13. The number of aryl methyl sites for hydroxylation is 2. The summed E-state index contributed by atoms with van der Waals surface area (Å²) in [6, 6.07) is 9.87. The minimum Gasteiger partial charge on any atom is -0.397 e. The Bertz CT molecular complexity index is 1210. The van der Waals surface area contributed by atoms with Crippen LogP contribution in [-0.2, 0) is 0 Å². The minimum absolute atomic E-state index is 0.250. The summed E-state index contributed by atoms with van der Waals surface area (Å²) in [5, 5.41) is 4.20. The number of anilines is 2. The molecule has 4 rings (SSSR count). The SMILES string of the molecule is Cc1cc2nc(-c3c(N)c4cc(NCC(C)C)ccc4[nH]c3=O)[nH]c2cc1C. The minimum atomic E-state index is -0.250. The van der Waals surface area contributed by atoms with Crippen molar-refractivity contribution < 1.29 is 0 Å². The van der Waals surface area contributed by atoms with Crippen LogP contribution in [0.2, 0.25) is 0 Å². The molecule has 2 aromatic carbocycles. The molecule has 0 fully saturated rings. The highest BCUT2D eigenvalue weighted by atomic mass is 16.1. The zero-order valence-corrected chi connectivity index (χ0v) is 16.6. The number of rotatable bonds is 4. The van der Waals surface area contributed by atoms with Crippen LogP contribution in [0.5, 0.6) is 0 Å². The lowest BCUT2D eigenvalue weighted by molar-refractivity contribution is 0.689. The number of aromatic amines is 2. The monoisotopic (exact) mass is 375 g/mol. The van der Waals surface area contributed by atoms with E-state index in [1.165, 1.54) is 5.56 Å². The van der Waals surface area contributed by atoms with E-state index in [0.29, 0.717) is 28.5 Å². The Labute approximate surface area is 163 Å². The number of aromatic nitrogens is 3. The second kappa shape index (κ2) is 6.71. The van der Waals surface area contributed by atoms with Crippen molar-refractivity contribution >= 4 is 33.3 Å². The van der Waals surface area contributed by atoms with Crippen molar-refractivity contribution in [1.29, 1.82) is 0 Å². The highest BCUT2D eigenvalue weighted by molar-refractivity contribution is 5.99. The van der Waals surface area contributed by atoms with Crippen LogP contribution >= 0.6 is 0 Å². The molecule has 0 unspecified atom stereocenters. The van der Waals surface area contributed by atoms with Crippen molar-refractivity contribution in [2.45, 2.75) is 27.7 Å². The summed E-state index contributed by atoms with van der Waals surface area (Å²) in [7, 11) is 0. The van der Waals surface area contributed by atoms with Gasteiger partial charge in [0.1, 0.15) is 11.4 Å². The highest BCUT2D eigenvalue weighted by Crippen LogP contribution is 2.30. The molecule has 0 aliphatic rings. The number of hydrogen-bond donors (Lipinski definition) is 4. The fourth-order valence-electron chi connectivity index (χ4n) is 3.37. The third kappa shape index (κ3) is 3.11. The van der Waals surface area contributed by atoms with Crippen LogP contribution < -0.4 is 16.6 Å². The summed E-state index contributed by atoms with van der Waals surface area (Å²) in [6.45, 7) is 9.28. The first-order valence-electron chi connectivity index (χ1n) is 9.50. The molecule has 144 valence electrons. The zero-order valence-electron chi connectivity index (χ0n) is 16.6. The van der Waals surface area contributed by atoms with Crippen molar-refractivity contribution in [3.05, 3.63) is 51.8 Å². The molecule has 0 aliphatic heterocycles. The van der Waals surface area contributed by atoms with Crippen molar-refractivity contribution in [2.24, 2.45) is 5.92 Å². The summed E-state index contributed by atoms with van der Waals surface area (Å²) in [6.07, 6.45) is 0. The molecule has 0 radical (unpaired) electrons. The van der Waals surface area contributed by atoms with Gasteiger partial charge in [0.15, 0.2) is 0 Å². The van der Waals surface area contributed by atoms with Gasteiger partial charge in [-0.15, -0.1) is 0 Å². The molecule has 6 heteroatoms. The Kier molecular flexibility index (Phi) is 4.34. The summed E-state index contributed by atoms with van der Waals surface area (Å²) >= 11 is 0. The van der Waals surface area contributed by atoms with Gasteiger partial charge in [0.2, 0.25) is 0 Å². The van der Waals surface area contributed by atoms with Crippen molar-refractivity contribution in [1.82, 2.24) is 15.0 Å². The Morgan fingerprint density at radius 3 is 2.57 bits per heavy atom. The summed E-state index contributed by atoms with van der Waals surface area (Å²) in [4.78, 5) is 23.6. The predicted molar refractivity (Wildman–Crippen MR) is 117 cm³/mol. The maximum atomic E-state index is 12.8. The quantitative estimate of drug-likeness (QED) is 0.426. The summed E-state index contributed by atoms with van der Waals surface area (Å²) < 4.78 is 0. The number of H-pyrrole nitrogens is 2. The van der Waals surface area contributed by atoms with Gasteiger partial charge in [0, 0.05) is 17.6 Å². The van der Waals surface area contributed by atoms with Gasteiger partial charge >= 0.3 is 0 Å². The van der Waals surface area contributed by atoms with E-state index in [2.05, 4.69) is 41.0 Å². The topological polar surface area (TPSA) is 99.6 Å². The average molecular weight is 375 g/mol. The predicted octanol–water partition coefficient (Wildman–Crippen LogP) is 4.34. The normalized spacial score (nSPS) is 11.6. The number of imidazole rings is 1. The third-order valence-corrected chi connectivity index (χ3v) is 5.10. The number of nitrogen functional groups attached to an aromatic ring is 1. The van der Waals surface area contributed by atoms with Gasteiger partial charge in [0.25, 0.3) is 5.56 Å². The number of benzene rings is 2. The smallest absolute Gasteiger partial charge is 0.261 e. The van der Waals surface area contributed by atoms with E-state index < -0.39 is 0 Å². The van der Waals surface area contributed by atoms with Crippen LogP contribution in [0.3, 0.4) is 0 Å². The first-order chi connectivity index (χ1) is 13.3. The number of nitrogens with zero attached hydrogens (tertiary/aromatic N) is 1. The molecule has 0 atom stereocenters. The Morgan fingerprint density at radius 2 is 1.82 bits per heavy atom. The number of nitrogens with two attached hydrogens (primary N) is 1. The van der Waals surface area contributed by atoms with E-state index >= 15 is 0 Å². The molecule has 0 bridgehead atoms. The number of nitrogens with one attached hydrogen (secondary N) is 3. The van der Waals surface area contributed by atoms with Crippen molar-refractivity contribution in [2.75, 3.05) is 17.6 Å². The van der Waals surface area contributed by atoms with Crippen LogP contribution in [0.25, 0.3) is 33.3 Å². The van der Waals surface area contributed by atoms with Gasteiger partial charge in [-0.25, -0.2) is 4.98 Å². The molecule has 4 aromatic rings. The maximum absolute atomic E-state index is 12.8. The first-order valence-corrected chi connectivity index (χ1v) is 9.50. The molecule has 0 amide bonds. The third-order valence-electron chi connectivity index (χ3n) is 5.10. The van der Waals surface area contributed by atoms with Crippen LogP contribution in [0.4, 0.5) is 11.4 Å². The largest absolute Gasteiger partial charge is 0.397 e. The molecule has 5 N–H and O–H groups in total. The number of hydrogen-bond acceptors (Lipinski definition) is 4. The molecule has 0 saturated carbocycles. The lowest BCUT2D eigenvalue weighted by atomic mass is 10.1. The fourth-order valence-corrected chi connectivity index (χ4v) is 3.37. The number of fused-ring (bicyclic) bond motifs is 2. The lowest BCUT2D eigenvalue weighted by Gasteiger charge is -2.12. The summed E-state index contributed by atoms with van der Waals surface area (Å²) in [5.41, 5.74) is 12.7. The second-order valence-corrected chi connectivity index (χ2v) is 7.82. The van der Waals surface area contributed by atoms with E-state index in [9.17, 15) is 4.79 Å². The van der Waals surface area contributed by atoms with Crippen LogP contribution in [-0.4, -0.2) is 21.5 Å². The van der Waals surface area contributed by atoms with Crippen LogP contribution in [0.1, 0.15) is 25.0 Å². The number of pyridine rings is 1. The molecular formula is C22H25N5O. The van der Waals surface area contributed by atoms with E-state index in [1.54, 1.807) is 0 Å². The highest BCUT2D eigenvalue weighted by Gasteiger charge is 2.16. The van der Waals surface area contributed by atoms with Crippen LogP contribution in [0.15, 0.2) is 35.1 Å². The molecule has 28 heavy (non-hydrogen) atoms. The Balaban J connectivity index is 1.87. The van der Waals surface area contributed by atoms with Gasteiger partial charge in [-0.1, -0.05) is 13.8 Å². The molecule has 6 nitrogen and oxygen atoms in total. The van der Waals surface area contributed by atoms with Gasteiger partial charge in [-0.3, -0.25) is 4.79 Å². The average Bonchev–Trinajstić information content (AvgIpc) is 3.02. The molecular weight excluding hydrogens is 350 g/mol. The standard InChI is InChI=1S/C22H25N5O/c1-11(2)10-24-14-5-6-16-15(9-14)20(23)19(22(28)27-16)21-25-17-7-12(3)13(4)8-18(17)26-21/h5-9,11,24H,10H2,1-4H3,(H,25,26)(H3,23,27,28). The fraction of sp³-hybridized carbons (Fsp3) is 0.273. The van der Waals surface area contributed by atoms with E-state index in [-0.39, 0.29) is 5.56 Å². The van der Waals surface area contributed by atoms with E-state index in [1.807, 2.05) is 37.3 Å². The molecule has 0 aliphatic carbocycles. The molecule has 0 spiro atoms.